The summed E-state index contributed by atoms with van der Waals surface area (Å²) >= 11 is 2.64. The Morgan fingerprint density at radius 1 is 0.542 bits per heavy atom. The number of carboxylic acid groups (broad SMARTS) is 1. The van der Waals surface area contributed by atoms with Crippen LogP contribution in [0.3, 0.4) is 0 Å². The van der Waals surface area contributed by atoms with Crippen LogP contribution >= 0.6 is 46.7 Å². The fourth-order valence-electron chi connectivity index (χ4n) is 14.8. The van der Waals surface area contributed by atoms with Crippen molar-refractivity contribution < 1.29 is 52.1 Å². The third-order valence-electron chi connectivity index (χ3n) is 20.7. The van der Waals surface area contributed by atoms with E-state index in [0.29, 0.717) is 86.5 Å². The number of para-hydroxylation sites is 3. The first kappa shape index (κ1) is 76.6. The van der Waals surface area contributed by atoms with Gasteiger partial charge < -0.3 is 50.5 Å². The number of thiophene rings is 2. The number of hydrogen-bond donors (Lipinski definition) is 4. The number of anilines is 7. The van der Waals surface area contributed by atoms with Crippen LogP contribution in [-0.4, -0.2) is 116 Å². The zero-order valence-corrected chi connectivity index (χ0v) is 63.1. The number of ketones is 1. The van der Waals surface area contributed by atoms with E-state index in [9.17, 15) is 42.7 Å². The second kappa shape index (κ2) is 32.6. The van der Waals surface area contributed by atoms with Crippen LogP contribution in [0.4, 0.5) is 48.9 Å². The monoisotopic (exact) mass is 1590 g/mol. The molecule has 4 aromatic heterocycles. The number of aryl methyl sites for hydroxylation is 4. The minimum atomic E-state index is -0.945. The van der Waals surface area contributed by atoms with Gasteiger partial charge in [-0.3, -0.25) is 24.0 Å². The van der Waals surface area contributed by atoms with Gasteiger partial charge >= 0.3 is 5.97 Å². The minimum Gasteiger partial charge on any atom is -0.477 e. The van der Waals surface area contributed by atoms with Gasteiger partial charge in [0.1, 0.15) is 28.1 Å². The van der Waals surface area contributed by atoms with Crippen molar-refractivity contribution in [2.24, 2.45) is 10.8 Å². The predicted molar refractivity (Wildman–Crippen MR) is 430 cm³/mol. The Morgan fingerprint density at radius 2 is 0.963 bits per heavy atom. The standard InChI is InChI=1S/C42H39FN4O4S.C34H32N4O5S.C7H8FN.CH4.HI/c1-26-20-33(39(44-23-26)46-24-42(25-46)15-18-51-19-16-42)40(49)45-30-12-10-28(11-13-30)41(50)47-17-14-29-21-37(52-38(29)31-7-3-4-9-35(31)47)36(48)22-32-27(2)6-5-8-34(32)43;1-21-16-26(30(35-18-21)37-19-34(20-37)11-14-43-15-12-34)31(39)36-24-8-6-22(7-9-24)32(40)38-13-10-23-17-28(33(41)42)44-29(23)25-4-2-3-5-27(25)38;1-5-3-2-4-6(8)7(5)9;;/h3-13,20-21,23H,14-19,22,24-25H2,1-2H3,(H,45,49);2-9,16-18H,10-15,19-20H2,1H3,(H,36,39)(H,41,42);2-4H,9H2,1H3;1H4;1H. The topological polar surface area (TPSA) is 230 Å². The molecule has 0 bridgehead atoms. The summed E-state index contributed by atoms with van der Waals surface area (Å²) in [5.74, 6) is -1.19. The van der Waals surface area contributed by atoms with Gasteiger partial charge in [0.05, 0.1) is 33.1 Å². The first-order valence-electron chi connectivity index (χ1n) is 35.2. The number of rotatable bonds is 12. The maximum Gasteiger partial charge on any atom is 0.345 e. The summed E-state index contributed by atoms with van der Waals surface area (Å²) < 4.78 is 38.1. The highest BCUT2D eigenvalue weighted by Gasteiger charge is 2.47. The number of carbonyl (C=O) groups excluding carboxylic acids is 5. The molecule has 16 rings (SSSR count). The highest BCUT2D eigenvalue weighted by Crippen LogP contribution is 2.47. The number of pyridine rings is 2. The molecular weight excluding hydrogens is 1510 g/mol. The van der Waals surface area contributed by atoms with Gasteiger partial charge in [-0.15, -0.1) is 46.7 Å². The molecule has 4 saturated heterocycles. The molecule has 0 saturated carbocycles. The van der Waals surface area contributed by atoms with Gasteiger partial charge in [-0.05, 0) is 202 Å². The molecule has 107 heavy (non-hydrogen) atoms. The van der Waals surface area contributed by atoms with E-state index in [1.165, 1.54) is 34.8 Å². The van der Waals surface area contributed by atoms with Gasteiger partial charge in [0.2, 0.25) is 0 Å². The van der Waals surface area contributed by atoms with Gasteiger partial charge in [0.25, 0.3) is 23.6 Å². The van der Waals surface area contributed by atoms with Crippen LogP contribution in [-0.2, 0) is 28.7 Å². The largest absolute Gasteiger partial charge is 0.477 e. The number of ether oxygens (including phenoxy) is 2. The highest BCUT2D eigenvalue weighted by molar-refractivity contribution is 14.0. The Hall–Kier alpha value is -10.1. The summed E-state index contributed by atoms with van der Waals surface area (Å²) in [4.78, 5) is 99.7. The quantitative estimate of drug-likeness (QED) is 0.0507. The van der Waals surface area contributed by atoms with Gasteiger partial charge in [-0.25, -0.2) is 23.5 Å². The molecular formula is C84H84F2IN9O9S2. The van der Waals surface area contributed by atoms with E-state index in [-0.39, 0.29) is 95.4 Å². The van der Waals surface area contributed by atoms with Gasteiger partial charge in [-0.1, -0.05) is 68.1 Å². The number of nitrogen functional groups attached to an aromatic ring is 1. The molecule has 6 aliphatic heterocycles. The first-order valence-corrected chi connectivity index (χ1v) is 36.8. The van der Waals surface area contributed by atoms with Crippen LogP contribution in [0.5, 0.6) is 0 Å². The molecule has 6 aliphatic rings. The Labute approximate surface area is 646 Å². The van der Waals surface area contributed by atoms with Crippen molar-refractivity contribution in [1.29, 1.82) is 0 Å². The number of halogens is 3. The molecule has 4 fully saturated rings. The molecule has 6 aromatic carbocycles. The van der Waals surface area contributed by atoms with Crippen molar-refractivity contribution in [2.45, 2.75) is 80.1 Å². The molecule has 4 amide bonds. The fraction of sp³-hybridized carbons (Fsp3) is 0.286. The zero-order valence-electron chi connectivity index (χ0n) is 59.1. The maximum atomic E-state index is 14.5. The maximum absolute atomic E-state index is 14.5. The molecule has 0 aliphatic carbocycles. The molecule has 23 heteroatoms. The Morgan fingerprint density at radius 3 is 1.39 bits per heavy atom. The summed E-state index contributed by atoms with van der Waals surface area (Å²) in [5, 5.41) is 15.5. The molecule has 10 aromatic rings. The third kappa shape index (κ3) is 16.3. The van der Waals surface area contributed by atoms with Crippen LogP contribution < -0.4 is 36.0 Å². The molecule has 0 atom stereocenters. The summed E-state index contributed by atoms with van der Waals surface area (Å²) in [5.41, 5.74) is 18.2. The number of Topliss-reactive ketones (excluding diaryl/α,β-unsaturated/α-hetero) is 1. The lowest BCUT2D eigenvalue weighted by Gasteiger charge is -2.53. The molecule has 5 N–H and O–H groups in total. The first-order chi connectivity index (χ1) is 50.7. The van der Waals surface area contributed by atoms with E-state index >= 15 is 0 Å². The average molecular weight is 1590 g/mol. The fourth-order valence-corrected chi connectivity index (χ4v) is 17.0. The number of carboxylic acids is 1. The van der Waals surface area contributed by atoms with Crippen molar-refractivity contribution in [2.75, 3.05) is 102 Å². The number of carbonyl (C=O) groups is 6. The molecule has 10 heterocycles. The summed E-state index contributed by atoms with van der Waals surface area (Å²) in [6.07, 6.45) is 8.83. The van der Waals surface area contributed by atoms with Crippen LogP contribution in [0.25, 0.3) is 20.9 Å². The number of nitrogens with zero attached hydrogens (tertiary/aromatic N) is 6. The molecule has 2 spiro atoms. The minimum absolute atomic E-state index is 0. The van der Waals surface area contributed by atoms with Crippen molar-refractivity contribution >= 4 is 122 Å². The van der Waals surface area contributed by atoms with Crippen molar-refractivity contribution in [1.82, 2.24) is 9.97 Å². The number of hydrogen-bond acceptors (Lipinski definition) is 15. The molecule has 552 valence electrons. The number of aromatic nitrogens is 2. The van der Waals surface area contributed by atoms with Crippen LogP contribution in [0.1, 0.15) is 133 Å². The number of fused-ring (bicyclic) bond motifs is 6. The predicted octanol–water partition coefficient (Wildman–Crippen LogP) is 16.9. The number of amides is 4. The zero-order chi connectivity index (χ0) is 73.3. The smallest absolute Gasteiger partial charge is 0.345 e. The van der Waals surface area contributed by atoms with E-state index in [4.69, 9.17) is 15.2 Å². The van der Waals surface area contributed by atoms with E-state index in [1.54, 1.807) is 102 Å². The van der Waals surface area contributed by atoms with Crippen molar-refractivity contribution in [3.05, 3.63) is 253 Å². The third-order valence-corrected chi connectivity index (χ3v) is 23.2. The van der Waals surface area contributed by atoms with Crippen molar-refractivity contribution in [3.8, 4) is 20.9 Å². The average Bonchev–Trinajstić information content (AvgIpc) is 1.71. The van der Waals surface area contributed by atoms with E-state index in [1.807, 2.05) is 93.6 Å². The second-order valence-corrected chi connectivity index (χ2v) is 30.2. The lowest BCUT2D eigenvalue weighted by molar-refractivity contribution is -0.000651. The van der Waals surface area contributed by atoms with Crippen LogP contribution in [0.2, 0.25) is 0 Å². The highest BCUT2D eigenvalue weighted by atomic mass is 127. The van der Waals surface area contributed by atoms with E-state index in [2.05, 4.69) is 30.4 Å². The summed E-state index contributed by atoms with van der Waals surface area (Å²) in [7, 11) is 0. The van der Waals surface area contributed by atoms with E-state index < -0.39 is 5.97 Å². The number of nitrogens with one attached hydrogen (secondary N) is 2. The molecule has 0 radical (unpaired) electrons. The van der Waals surface area contributed by atoms with Gasteiger partial charge in [0.15, 0.2) is 5.78 Å². The lowest BCUT2D eigenvalue weighted by Crippen LogP contribution is -2.59. The van der Waals surface area contributed by atoms with Gasteiger partial charge in [0, 0.05) is 139 Å². The van der Waals surface area contributed by atoms with Crippen LogP contribution in [0.15, 0.2) is 170 Å². The van der Waals surface area contributed by atoms with E-state index in [0.717, 1.165) is 144 Å². The number of benzene rings is 6. The Bertz CT molecular complexity index is 4980. The summed E-state index contributed by atoms with van der Waals surface area (Å²) in [6.45, 7) is 14.9. The van der Waals surface area contributed by atoms with Crippen LogP contribution in [0, 0.1) is 50.2 Å². The number of aromatic carboxylic acids is 1. The normalized spacial score (nSPS) is 15.5. The molecule has 18 nitrogen and oxygen atoms in total. The SMILES string of the molecule is C.Cc1cccc(F)c1N.Cc1cnc(N2CC3(CCOCC3)C2)c(C(=O)Nc2ccc(C(=O)N3CCc4cc(C(=O)Cc5c(C)cccc5F)sc4-c4ccccc43)cc2)c1.Cc1cnc(N2CC3(CCOCC3)C2)c(C(=O)Nc2ccc(C(=O)N3CCc4cc(C(=O)O)sc4-c4ccccc43)cc2)c1.I. The molecule has 0 unspecified atom stereocenters. The Balaban J connectivity index is 0.000000178. The van der Waals surface area contributed by atoms with Gasteiger partial charge in [-0.2, -0.15) is 0 Å². The Kier molecular flexibility index (Phi) is 23.3. The number of nitrogens with two attached hydrogens (primary N) is 1. The summed E-state index contributed by atoms with van der Waals surface area (Å²) in [6, 6.07) is 46.3. The second-order valence-electron chi connectivity index (χ2n) is 28.1. The van der Waals surface area contributed by atoms with Crippen molar-refractivity contribution in [3.63, 3.8) is 0 Å². The lowest BCUT2D eigenvalue weighted by atomic mass is 9.73.